The highest BCUT2D eigenvalue weighted by Gasteiger charge is 2.08. The van der Waals surface area contributed by atoms with Gasteiger partial charge in [-0.05, 0) is 82.8 Å². The van der Waals surface area contributed by atoms with Crippen molar-refractivity contribution in [1.29, 1.82) is 0 Å². The SMILES string of the molecule is Cc1ccc(C)c(OCCCCCN2CCCCC2)c1. The van der Waals surface area contributed by atoms with Crippen molar-refractivity contribution >= 4 is 0 Å². The fraction of sp³-hybridized carbons (Fsp3) is 0.667. The number of likely N-dealkylation sites (tertiary alicyclic amines) is 1. The van der Waals surface area contributed by atoms with Crippen LogP contribution in [0.4, 0.5) is 0 Å². The summed E-state index contributed by atoms with van der Waals surface area (Å²) >= 11 is 0. The summed E-state index contributed by atoms with van der Waals surface area (Å²) in [5.74, 6) is 1.06. The highest BCUT2D eigenvalue weighted by Crippen LogP contribution is 2.19. The van der Waals surface area contributed by atoms with Crippen LogP contribution in [0, 0.1) is 13.8 Å². The van der Waals surface area contributed by atoms with E-state index in [2.05, 4.69) is 36.9 Å². The number of aryl methyl sites for hydroxylation is 2. The molecule has 0 saturated carbocycles. The summed E-state index contributed by atoms with van der Waals surface area (Å²) < 4.78 is 5.90. The molecule has 2 rings (SSSR count). The number of unbranched alkanes of at least 4 members (excludes halogenated alkanes) is 2. The Morgan fingerprint density at radius 1 is 1.00 bits per heavy atom. The molecule has 1 aliphatic rings. The van der Waals surface area contributed by atoms with Crippen LogP contribution in [0.1, 0.15) is 49.7 Å². The molecule has 2 nitrogen and oxygen atoms in total. The molecule has 1 aromatic carbocycles. The molecule has 1 fully saturated rings. The Hall–Kier alpha value is -1.02. The molecule has 0 atom stereocenters. The standard InChI is InChI=1S/C18H29NO/c1-16-9-10-17(2)18(15-16)20-14-8-4-7-13-19-11-5-3-6-12-19/h9-10,15H,3-8,11-14H2,1-2H3. The fourth-order valence-corrected chi connectivity index (χ4v) is 2.84. The van der Waals surface area contributed by atoms with Crippen LogP contribution in [0.5, 0.6) is 5.75 Å². The average molecular weight is 275 g/mol. The third-order valence-corrected chi connectivity index (χ3v) is 4.17. The number of ether oxygens (including phenoxy) is 1. The molecule has 1 aromatic rings. The molecular weight excluding hydrogens is 246 g/mol. The number of hydrogen-bond donors (Lipinski definition) is 0. The van der Waals surface area contributed by atoms with E-state index in [1.165, 1.54) is 69.3 Å². The minimum Gasteiger partial charge on any atom is -0.493 e. The molecule has 112 valence electrons. The molecule has 0 unspecified atom stereocenters. The van der Waals surface area contributed by atoms with E-state index >= 15 is 0 Å². The quantitative estimate of drug-likeness (QED) is 0.686. The van der Waals surface area contributed by atoms with Crippen LogP contribution >= 0.6 is 0 Å². The maximum atomic E-state index is 5.90. The van der Waals surface area contributed by atoms with E-state index in [4.69, 9.17) is 4.74 Å². The van der Waals surface area contributed by atoms with Gasteiger partial charge in [-0.2, -0.15) is 0 Å². The summed E-state index contributed by atoms with van der Waals surface area (Å²) in [4.78, 5) is 2.62. The molecular formula is C18H29NO. The Bertz CT molecular complexity index is 396. The maximum absolute atomic E-state index is 5.90. The average Bonchev–Trinajstić information content (AvgIpc) is 2.47. The van der Waals surface area contributed by atoms with Crippen molar-refractivity contribution in [1.82, 2.24) is 4.90 Å². The van der Waals surface area contributed by atoms with Crippen LogP contribution in [0.25, 0.3) is 0 Å². The van der Waals surface area contributed by atoms with Crippen LogP contribution in [-0.2, 0) is 0 Å². The van der Waals surface area contributed by atoms with Gasteiger partial charge in [0.05, 0.1) is 6.61 Å². The van der Waals surface area contributed by atoms with Gasteiger partial charge in [-0.3, -0.25) is 0 Å². The zero-order valence-electron chi connectivity index (χ0n) is 13.2. The Labute approximate surface area is 124 Å². The second kappa shape index (κ2) is 8.31. The zero-order valence-corrected chi connectivity index (χ0v) is 13.2. The number of rotatable bonds is 7. The molecule has 0 amide bonds. The van der Waals surface area contributed by atoms with Crippen molar-refractivity contribution in [2.45, 2.75) is 52.4 Å². The van der Waals surface area contributed by atoms with Crippen LogP contribution in [0.2, 0.25) is 0 Å². The van der Waals surface area contributed by atoms with E-state index in [1.807, 2.05) is 0 Å². The summed E-state index contributed by atoms with van der Waals surface area (Å²) in [5.41, 5.74) is 2.51. The van der Waals surface area contributed by atoms with Gasteiger partial charge in [-0.1, -0.05) is 18.6 Å². The molecule has 0 radical (unpaired) electrons. The summed E-state index contributed by atoms with van der Waals surface area (Å²) in [7, 11) is 0. The minimum absolute atomic E-state index is 0.851. The van der Waals surface area contributed by atoms with Crippen molar-refractivity contribution in [2.75, 3.05) is 26.2 Å². The Morgan fingerprint density at radius 3 is 2.60 bits per heavy atom. The minimum atomic E-state index is 0.851. The second-order valence-corrected chi connectivity index (χ2v) is 6.08. The van der Waals surface area contributed by atoms with Crippen molar-refractivity contribution in [3.05, 3.63) is 29.3 Å². The summed E-state index contributed by atoms with van der Waals surface area (Å²) in [6, 6.07) is 6.42. The lowest BCUT2D eigenvalue weighted by Gasteiger charge is -2.26. The number of hydrogen-bond acceptors (Lipinski definition) is 2. The smallest absolute Gasteiger partial charge is 0.122 e. The molecule has 0 aromatic heterocycles. The first kappa shape index (κ1) is 15.4. The fourth-order valence-electron chi connectivity index (χ4n) is 2.84. The van der Waals surface area contributed by atoms with E-state index in [0.717, 1.165) is 12.4 Å². The third kappa shape index (κ3) is 5.16. The molecule has 0 bridgehead atoms. The lowest BCUT2D eigenvalue weighted by molar-refractivity contribution is 0.221. The Balaban J connectivity index is 1.56. The maximum Gasteiger partial charge on any atom is 0.122 e. The first-order valence-corrected chi connectivity index (χ1v) is 8.18. The molecule has 20 heavy (non-hydrogen) atoms. The van der Waals surface area contributed by atoms with Crippen molar-refractivity contribution in [3.8, 4) is 5.75 Å². The van der Waals surface area contributed by atoms with Gasteiger partial charge >= 0.3 is 0 Å². The number of benzene rings is 1. The van der Waals surface area contributed by atoms with E-state index in [0.29, 0.717) is 0 Å². The predicted octanol–water partition coefficient (Wildman–Crippen LogP) is 4.34. The van der Waals surface area contributed by atoms with E-state index < -0.39 is 0 Å². The topological polar surface area (TPSA) is 12.5 Å². The first-order valence-electron chi connectivity index (χ1n) is 8.18. The van der Waals surface area contributed by atoms with Gasteiger partial charge < -0.3 is 9.64 Å². The van der Waals surface area contributed by atoms with Crippen LogP contribution in [0.15, 0.2) is 18.2 Å². The predicted molar refractivity (Wildman–Crippen MR) is 85.6 cm³/mol. The molecule has 0 N–H and O–H groups in total. The van der Waals surface area contributed by atoms with Gasteiger partial charge in [0.2, 0.25) is 0 Å². The first-order chi connectivity index (χ1) is 9.75. The third-order valence-electron chi connectivity index (χ3n) is 4.17. The molecule has 2 heteroatoms. The van der Waals surface area contributed by atoms with Gasteiger partial charge in [0.1, 0.15) is 5.75 Å². The number of piperidine rings is 1. The summed E-state index contributed by atoms with van der Waals surface area (Å²) in [5, 5.41) is 0. The molecule has 0 spiro atoms. The van der Waals surface area contributed by atoms with Crippen LogP contribution in [-0.4, -0.2) is 31.1 Å². The second-order valence-electron chi connectivity index (χ2n) is 6.08. The van der Waals surface area contributed by atoms with E-state index in [9.17, 15) is 0 Å². The van der Waals surface area contributed by atoms with Gasteiger partial charge in [0.25, 0.3) is 0 Å². The lowest BCUT2D eigenvalue weighted by atomic mass is 10.1. The summed E-state index contributed by atoms with van der Waals surface area (Å²) in [6.45, 7) is 9.00. The molecule has 1 heterocycles. The highest BCUT2D eigenvalue weighted by molar-refractivity contribution is 5.35. The van der Waals surface area contributed by atoms with Gasteiger partial charge in [-0.15, -0.1) is 0 Å². The largest absolute Gasteiger partial charge is 0.493 e. The zero-order chi connectivity index (χ0) is 14.2. The van der Waals surface area contributed by atoms with Crippen molar-refractivity contribution < 1.29 is 4.74 Å². The molecule has 0 aliphatic carbocycles. The van der Waals surface area contributed by atoms with Crippen molar-refractivity contribution in [2.24, 2.45) is 0 Å². The number of nitrogens with zero attached hydrogens (tertiary/aromatic N) is 1. The van der Waals surface area contributed by atoms with Gasteiger partial charge in [-0.25, -0.2) is 0 Å². The lowest BCUT2D eigenvalue weighted by Crippen LogP contribution is -2.30. The van der Waals surface area contributed by atoms with Gasteiger partial charge in [0, 0.05) is 0 Å². The van der Waals surface area contributed by atoms with Gasteiger partial charge in [0.15, 0.2) is 0 Å². The monoisotopic (exact) mass is 275 g/mol. The summed E-state index contributed by atoms with van der Waals surface area (Å²) in [6.07, 6.45) is 7.99. The Morgan fingerprint density at radius 2 is 1.80 bits per heavy atom. The Kier molecular flexibility index (Phi) is 6.38. The van der Waals surface area contributed by atoms with E-state index in [-0.39, 0.29) is 0 Å². The normalized spacial score (nSPS) is 16.3. The molecule has 1 aliphatic heterocycles. The van der Waals surface area contributed by atoms with Crippen LogP contribution in [0.3, 0.4) is 0 Å². The highest BCUT2D eigenvalue weighted by atomic mass is 16.5. The van der Waals surface area contributed by atoms with E-state index in [1.54, 1.807) is 0 Å². The van der Waals surface area contributed by atoms with Crippen LogP contribution < -0.4 is 4.74 Å². The molecule has 1 saturated heterocycles. The van der Waals surface area contributed by atoms with Crippen molar-refractivity contribution in [3.63, 3.8) is 0 Å².